The van der Waals surface area contributed by atoms with Crippen molar-refractivity contribution in [3.05, 3.63) is 66.0 Å². The lowest BCUT2D eigenvalue weighted by Gasteiger charge is -2.17. The highest BCUT2D eigenvalue weighted by atomic mass is 15.1. The molecule has 5 aromatic rings. The van der Waals surface area contributed by atoms with Crippen molar-refractivity contribution in [1.29, 1.82) is 0 Å². The van der Waals surface area contributed by atoms with Crippen LogP contribution in [0.25, 0.3) is 44.2 Å². The summed E-state index contributed by atoms with van der Waals surface area (Å²) in [4.78, 5) is 18.4. The van der Waals surface area contributed by atoms with Gasteiger partial charge >= 0.3 is 0 Å². The van der Waals surface area contributed by atoms with Gasteiger partial charge in [-0.05, 0) is 47.9 Å². The molecule has 0 aliphatic carbocycles. The Balaban J connectivity index is 1.60. The number of nitrogens with one attached hydrogen (secondary N) is 2. The lowest BCUT2D eigenvalue weighted by Crippen LogP contribution is -2.18. The molecule has 0 unspecified atom stereocenters. The topological polar surface area (TPSA) is 102 Å². The van der Waals surface area contributed by atoms with E-state index in [4.69, 9.17) is 15.7 Å². The molecule has 0 saturated carbocycles. The minimum Gasteiger partial charge on any atom is -0.384 e. The molecule has 1 aliphatic heterocycles. The van der Waals surface area contributed by atoms with Crippen molar-refractivity contribution in [2.45, 2.75) is 26.2 Å². The van der Waals surface area contributed by atoms with E-state index in [9.17, 15) is 0 Å². The normalized spacial score (nSPS) is 14.2. The SMILES string of the molecule is CNc1nc(-c2ccc3c(c2)NCC3(C)C)c2cc(-c3c(C)ccc4c(N)ncnc34)ccc2n1. The Kier molecular flexibility index (Phi) is 4.64. The molecule has 0 fully saturated rings. The van der Waals surface area contributed by atoms with Crippen LogP contribution in [0.5, 0.6) is 0 Å². The monoisotopic (exact) mass is 461 g/mol. The Labute approximate surface area is 203 Å². The molecule has 0 radical (unpaired) electrons. The maximum atomic E-state index is 6.16. The highest BCUT2D eigenvalue weighted by molar-refractivity contribution is 6.03. The van der Waals surface area contributed by atoms with Gasteiger partial charge in [0.15, 0.2) is 0 Å². The van der Waals surface area contributed by atoms with Crippen molar-refractivity contribution in [1.82, 2.24) is 19.9 Å². The van der Waals surface area contributed by atoms with Crippen LogP contribution in [0.15, 0.2) is 54.9 Å². The van der Waals surface area contributed by atoms with E-state index in [-0.39, 0.29) is 5.41 Å². The molecule has 0 atom stereocenters. The van der Waals surface area contributed by atoms with Crippen molar-refractivity contribution in [2.24, 2.45) is 0 Å². The van der Waals surface area contributed by atoms with Gasteiger partial charge in [-0.3, -0.25) is 0 Å². The molecule has 0 saturated heterocycles. The van der Waals surface area contributed by atoms with Gasteiger partial charge in [-0.15, -0.1) is 0 Å². The minimum absolute atomic E-state index is 0.112. The quantitative estimate of drug-likeness (QED) is 0.324. The van der Waals surface area contributed by atoms with Crippen molar-refractivity contribution >= 4 is 39.3 Å². The first-order chi connectivity index (χ1) is 16.9. The summed E-state index contributed by atoms with van der Waals surface area (Å²) < 4.78 is 0. The largest absolute Gasteiger partial charge is 0.384 e. The number of rotatable bonds is 3. The molecule has 2 aromatic heterocycles. The van der Waals surface area contributed by atoms with Gasteiger partial charge in [0.1, 0.15) is 12.1 Å². The number of nitrogens with two attached hydrogens (primary N) is 1. The van der Waals surface area contributed by atoms with E-state index >= 15 is 0 Å². The third-order valence-electron chi connectivity index (χ3n) is 7.00. The van der Waals surface area contributed by atoms with E-state index in [2.05, 4.69) is 77.8 Å². The van der Waals surface area contributed by atoms with Crippen molar-refractivity contribution < 1.29 is 0 Å². The molecular formula is C28H27N7. The van der Waals surface area contributed by atoms with Crippen LogP contribution in [0.3, 0.4) is 0 Å². The van der Waals surface area contributed by atoms with Crippen molar-refractivity contribution in [2.75, 3.05) is 30.0 Å². The first-order valence-electron chi connectivity index (χ1n) is 11.7. The van der Waals surface area contributed by atoms with Gasteiger partial charge in [0.05, 0.1) is 16.7 Å². The first kappa shape index (κ1) is 21.3. The molecule has 0 spiro atoms. The molecule has 174 valence electrons. The minimum atomic E-state index is 0.112. The fourth-order valence-corrected chi connectivity index (χ4v) is 5.07. The summed E-state index contributed by atoms with van der Waals surface area (Å²) in [6.45, 7) is 7.54. The summed E-state index contributed by atoms with van der Waals surface area (Å²) in [6.07, 6.45) is 1.52. The third kappa shape index (κ3) is 3.34. The van der Waals surface area contributed by atoms with E-state index in [1.807, 2.05) is 19.2 Å². The van der Waals surface area contributed by atoms with Crippen LogP contribution in [-0.2, 0) is 5.41 Å². The van der Waals surface area contributed by atoms with Crippen LogP contribution in [0, 0.1) is 6.92 Å². The molecule has 0 amide bonds. The number of anilines is 3. The number of hydrogen-bond donors (Lipinski definition) is 3. The Hall–Kier alpha value is -4.26. The number of nitrogens with zero attached hydrogens (tertiary/aromatic N) is 4. The van der Waals surface area contributed by atoms with Gasteiger partial charge in [0.25, 0.3) is 0 Å². The van der Waals surface area contributed by atoms with Crippen LogP contribution in [0.4, 0.5) is 17.5 Å². The molecule has 4 N–H and O–H groups in total. The predicted octanol–water partition coefficient (Wildman–Crippen LogP) is 5.54. The second kappa shape index (κ2) is 7.63. The van der Waals surface area contributed by atoms with E-state index < -0.39 is 0 Å². The smallest absolute Gasteiger partial charge is 0.223 e. The van der Waals surface area contributed by atoms with Crippen molar-refractivity contribution in [3.8, 4) is 22.4 Å². The van der Waals surface area contributed by atoms with Gasteiger partial charge in [-0.2, -0.15) is 0 Å². The van der Waals surface area contributed by atoms with Crippen LogP contribution in [0.2, 0.25) is 0 Å². The van der Waals surface area contributed by atoms with E-state index in [1.165, 1.54) is 17.6 Å². The molecule has 35 heavy (non-hydrogen) atoms. The highest BCUT2D eigenvalue weighted by Crippen LogP contribution is 2.40. The summed E-state index contributed by atoms with van der Waals surface area (Å²) in [5.41, 5.74) is 15.6. The highest BCUT2D eigenvalue weighted by Gasteiger charge is 2.30. The second-order valence-corrected chi connectivity index (χ2v) is 9.79. The zero-order valence-electron chi connectivity index (χ0n) is 20.3. The number of benzene rings is 3. The molecule has 1 aliphatic rings. The number of aromatic nitrogens is 4. The molecule has 3 heterocycles. The molecule has 6 rings (SSSR count). The predicted molar refractivity (Wildman–Crippen MR) is 144 cm³/mol. The lowest BCUT2D eigenvalue weighted by atomic mass is 9.86. The average molecular weight is 462 g/mol. The van der Waals surface area contributed by atoms with Gasteiger partial charge in [-0.25, -0.2) is 19.9 Å². The Morgan fingerprint density at radius 3 is 2.60 bits per heavy atom. The van der Waals surface area contributed by atoms with Gasteiger partial charge in [0.2, 0.25) is 5.95 Å². The Bertz CT molecular complexity index is 1640. The number of fused-ring (bicyclic) bond motifs is 3. The standard InChI is InChI=1S/C28H27N7/c1-15-5-8-18-25(32-14-33-26(18)29)23(15)16-7-10-21-19(11-16)24(35-27(30-4)34-21)17-6-9-20-22(12-17)31-13-28(20,2)3/h5-12,14,31H,13H2,1-4H3,(H2,29,32,33)(H,30,34,35). The first-order valence-corrected chi connectivity index (χ1v) is 11.7. The van der Waals surface area contributed by atoms with Crippen LogP contribution < -0.4 is 16.4 Å². The third-order valence-corrected chi connectivity index (χ3v) is 7.00. The van der Waals surface area contributed by atoms with Gasteiger partial charge in [-0.1, -0.05) is 38.1 Å². The average Bonchev–Trinajstić information content (AvgIpc) is 3.17. The summed E-state index contributed by atoms with van der Waals surface area (Å²) in [5.74, 6) is 1.07. The summed E-state index contributed by atoms with van der Waals surface area (Å²) in [7, 11) is 1.84. The summed E-state index contributed by atoms with van der Waals surface area (Å²) in [5, 5.41) is 8.51. The van der Waals surface area contributed by atoms with E-state index in [0.29, 0.717) is 11.8 Å². The zero-order chi connectivity index (χ0) is 24.3. The molecule has 7 heteroatoms. The lowest BCUT2D eigenvalue weighted by molar-refractivity contribution is 0.586. The molecule has 3 aromatic carbocycles. The van der Waals surface area contributed by atoms with Crippen LogP contribution >= 0.6 is 0 Å². The fourth-order valence-electron chi connectivity index (χ4n) is 5.07. The Morgan fingerprint density at radius 2 is 1.77 bits per heavy atom. The molecular weight excluding hydrogens is 434 g/mol. The van der Waals surface area contributed by atoms with Crippen molar-refractivity contribution in [3.63, 3.8) is 0 Å². The summed E-state index contributed by atoms with van der Waals surface area (Å²) in [6, 6.07) is 16.9. The van der Waals surface area contributed by atoms with E-state index in [1.54, 1.807) is 0 Å². The van der Waals surface area contributed by atoms with Crippen LogP contribution in [0.1, 0.15) is 25.0 Å². The Morgan fingerprint density at radius 1 is 0.943 bits per heavy atom. The second-order valence-electron chi connectivity index (χ2n) is 9.79. The number of aryl methyl sites for hydroxylation is 1. The number of nitrogen functional groups attached to an aromatic ring is 1. The molecule has 0 bridgehead atoms. The van der Waals surface area contributed by atoms with Gasteiger partial charge < -0.3 is 16.4 Å². The maximum Gasteiger partial charge on any atom is 0.223 e. The zero-order valence-corrected chi connectivity index (χ0v) is 20.3. The maximum absolute atomic E-state index is 6.16. The summed E-state index contributed by atoms with van der Waals surface area (Å²) >= 11 is 0. The van der Waals surface area contributed by atoms with Crippen LogP contribution in [-0.4, -0.2) is 33.5 Å². The van der Waals surface area contributed by atoms with Gasteiger partial charge in [0, 0.05) is 46.6 Å². The molecule has 7 nitrogen and oxygen atoms in total. The fraction of sp³-hybridized carbons (Fsp3) is 0.214. The van der Waals surface area contributed by atoms with E-state index in [0.717, 1.165) is 56.3 Å². The number of hydrogen-bond acceptors (Lipinski definition) is 7.